The zero-order chi connectivity index (χ0) is 16.2. The minimum absolute atomic E-state index is 0.0473. The molecule has 1 heterocycles. The van der Waals surface area contributed by atoms with Crippen molar-refractivity contribution in [3.05, 3.63) is 76.5 Å². The normalized spacial score (nSPS) is 10.7. The van der Waals surface area contributed by atoms with Gasteiger partial charge in [0.25, 0.3) is 5.56 Å². The lowest BCUT2D eigenvalue weighted by atomic mass is 10.2. The van der Waals surface area contributed by atoms with Crippen molar-refractivity contribution in [3.8, 4) is 0 Å². The summed E-state index contributed by atoms with van der Waals surface area (Å²) < 4.78 is 19.5. The molecule has 0 saturated carbocycles. The first-order chi connectivity index (χ1) is 11.1. The topological polar surface area (TPSA) is 61.2 Å². The Bertz CT molecular complexity index is 921. The van der Waals surface area contributed by atoms with Gasteiger partial charge >= 0.3 is 5.97 Å². The highest BCUT2D eigenvalue weighted by Crippen LogP contribution is 2.09. The molecule has 0 unspecified atom stereocenters. The third-order valence-corrected chi connectivity index (χ3v) is 3.33. The molecule has 0 spiro atoms. The van der Waals surface area contributed by atoms with E-state index < -0.39 is 11.8 Å². The lowest BCUT2D eigenvalue weighted by molar-refractivity contribution is -0.145. The fraction of sp³-hybridized carbons (Fsp3) is 0.118. The summed E-state index contributed by atoms with van der Waals surface area (Å²) in [5.74, 6) is -0.970. The molecule has 0 aliphatic rings. The summed E-state index contributed by atoms with van der Waals surface area (Å²) in [6.07, 6.45) is 1.17. The number of rotatable bonds is 4. The van der Waals surface area contributed by atoms with Crippen LogP contribution in [0.3, 0.4) is 0 Å². The van der Waals surface area contributed by atoms with E-state index in [1.165, 1.54) is 22.9 Å². The lowest BCUT2D eigenvalue weighted by Gasteiger charge is -2.09. The summed E-state index contributed by atoms with van der Waals surface area (Å²) in [4.78, 5) is 27.9. The molecule has 116 valence electrons. The van der Waals surface area contributed by atoms with Crippen molar-refractivity contribution in [1.29, 1.82) is 0 Å². The maximum absolute atomic E-state index is 13.1. The molecule has 23 heavy (non-hydrogen) atoms. The Hall–Kier alpha value is -3.02. The van der Waals surface area contributed by atoms with E-state index in [1.54, 1.807) is 36.4 Å². The first-order valence-electron chi connectivity index (χ1n) is 6.98. The maximum atomic E-state index is 13.1. The van der Waals surface area contributed by atoms with Gasteiger partial charge in [0.05, 0.1) is 17.2 Å². The molecule has 0 aliphatic carbocycles. The molecule has 0 aliphatic heterocycles. The Kier molecular flexibility index (Phi) is 4.14. The summed E-state index contributed by atoms with van der Waals surface area (Å²) >= 11 is 0. The molecule has 0 N–H and O–H groups in total. The number of hydrogen-bond donors (Lipinski definition) is 0. The van der Waals surface area contributed by atoms with Crippen LogP contribution in [0, 0.1) is 5.82 Å². The third-order valence-electron chi connectivity index (χ3n) is 3.33. The van der Waals surface area contributed by atoms with Gasteiger partial charge in [-0.3, -0.25) is 14.2 Å². The number of carbonyl (C=O) groups excluding carboxylic acids is 1. The summed E-state index contributed by atoms with van der Waals surface area (Å²) in [6, 6.07) is 12.8. The van der Waals surface area contributed by atoms with Gasteiger partial charge in [-0.25, -0.2) is 9.37 Å². The Morgan fingerprint density at radius 2 is 2.00 bits per heavy atom. The number of para-hydroxylation sites is 2. The van der Waals surface area contributed by atoms with Gasteiger partial charge in [0, 0.05) is 0 Å². The second kappa shape index (κ2) is 6.39. The van der Waals surface area contributed by atoms with Crippen LogP contribution in [-0.2, 0) is 22.7 Å². The number of carbonyl (C=O) groups is 1. The minimum atomic E-state index is -0.576. The molecule has 0 saturated heterocycles. The number of benzene rings is 2. The molecule has 0 radical (unpaired) electrons. The molecular formula is C17H13FN2O3. The van der Waals surface area contributed by atoms with Crippen LogP contribution in [-0.4, -0.2) is 15.5 Å². The largest absolute Gasteiger partial charge is 0.459 e. The van der Waals surface area contributed by atoms with E-state index in [0.29, 0.717) is 16.6 Å². The van der Waals surface area contributed by atoms with Crippen LogP contribution in [0.25, 0.3) is 11.0 Å². The van der Waals surface area contributed by atoms with E-state index in [-0.39, 0.29) is 18.7 Å². The van der Waals surface area contributed by atoms with E-state index in [0.717, 1.165) is 0 Å². The Morgan fingerprint density at radius 3 is 2.83 bits per heavy atom. The summed E-state index contributed by atoms with van der Waals surface area (Å²) in [6.45, 7) is -0.272. The van der Waals surface area contributed by atoms with E-state index >= 15 is 0 Å². The molecule has 0 fully saturated rings. The SMILES string of the molecule is O=C(Cn1c(=O)cnc2ccccc21)OCc1cccc(F)c1. The van der Waals surface area contributed by atoms with Gasteiger partial charge in [-0.15, -0.1) is 0 Å². The van der Waals surface area contributed by atoms with E-state index in [4.69, 9.17) is 4.74 Å². The first-order valence-corrected chi connectivity index (χ1v) is 6.98. The minimum Gasteiger partial charge on any atom is -0.459 e. The van der Waals surface area contributed by atoms with Gasteiger partial charge < -0.3 is 4.74 Å². The van der Waals surface area contributed by atoms with Crippen molar-refractivity contribution in [3.63, 3.8) is 0 Å². The van der Waals surface area contributed by atoms with E-state index in [1.807, 2.05) is 0 Å². The van der Waals surface area contributed by atoms with Crippen LogP contribution >= 0.6 is 0 Å². The highest BCUT2D eigenvalue weighted by molar-refractivity contribution is 5.77. The molecule has 0 atom stereocenters. The predicted octanol–water partition coefficient (Wildman–Crippen LogP) is 2.28. The average molecular weight is 312 g/mol. The van der Waals surface area contributed by atoms with Crippen LogP contribution in [0.1, 0.15) is 5.56 Å². The van der Waals surface area contributed by atoms with Crippen molar-refractivity contribution in [2.75, 3.05) is 0 Å². The summed E-state index contributed by atoms with van der Waals surface area (Å²) in [5, 5.41) is 0. The van der Waals surface area contributed by atoms with Gasteiger partial charge in [0.1, 0.15) is 19.0 Å². The quantitative estimate of drug-likeness (QED) is 0.693. The molecule has 2 aromatic carbocycles. The van der Waals surface area contributed by atoms with Gasteiger partial charge in [-0.05, 0) is 29.8 Å². The average Bonchev–Trinajstić information content (AvgIpc) is 2.56. The van der Waals surface area contributed by atoms with E-state index in [2.05, 4.69) is 4.98 Å². The van der Waals surface area contributed by atoms with Crippen molar-refractivity contribution in [2.24, 2.45) is 0 Å². The third kappa shape index (κ3) is 3.42. The number of aromatic nitrogens is 2. The predicted molar refractivity (Wildman–Crippen MR) is 82.2 cm³/mol. The van der Waals surface area contributed by atoms with Gasteiger partial charge in [0.15, 0.2) is 0 Å². The highest BCUT2D eigenvalue weighted by atomic mass is 19.1. The van der Waals surface area contributed by atoms with Crippen molar-refractivity contribution in [2.45, 2.75) is 13.2 Å². The molecule has 3 rings (SSSR count). The zero-order valence-electron chi connectivity index (χ0n) is 12.1. The molecule has 5 nitrogen and oxygen atoms in total. The lowest BCUT2D eigenvalue weighted by Crippen LogP contribution is -2.25. The smallest absolute Gasteiger partial charge is 0.326 e. The Balaban J connectivity index is 1.76. The molecule has 0 amide bonds. The number of halogens is 1. The number of fused-ring (bicyclic) bond motifs is 1. The molecule has 6 heteroatoms. The number of esters is 1. The number of hydrogen-bond acceptors (Lipinski definition) is 4. The van der Waals surface area contributed by atoms with Gasteiger partial charge in [0.2, 0.25) is 0 Å². The van der Waals surface area contributed by atoms with E-state index in [9.17, 15) is 14.0 Å². The zero-order valence-corrected chi connectivity index (χ0v) is 12.1. The maximum Gasteiger partial charge on any atom is 0.326 e. The number of nitrogens with zero attached hydrogens (tertiary/aromatic N) is 2. The molecular weight excluding hydrogens is 299 g/mol. The Labute approximate surface area is 131 Å². The van der Waals surface area contributed by atoms with Crippen molar-refractivity contribution < 1.29 is 13.9 Å². The van der Waals surface area contributed by atoms with Gasteiger partial charge in [-0.2, -0.15) is 0 Å². The number of ether oxygens (including phenoxy) is 1. The molecule has 1 aromatic heterocycles. The molecule has 3 aromatic rings. The molecule has 0 bridgehead atoms. The Morgan fingerprint density at radius 1 is 1.17 bits per heavy atom. The fourth-order valence-corrected chi connectivity index (χ4v) is 2.24. The first kappa shape index (κ1) is 14.9. The van der Waals surface area contributed by atoms with Crippen LogP contribution in [0.15, 0.2) is 59.5 Å². The van der Waals surface area contributed by atoms with Crippen LogP contribution in [0.5, 0.6) is 0 Å². The van der Waals surface area contributed by atoms with Crippen LogP contribution in [0.4, 0.5) is 4.39 Å². The van der Waals surface area contributed by atoms with Crippen molar-refractivity contribution in [1.82, 2.24) is 9.55 Å². The summed E-state index contributed by atoms with van der Waals surface area (Å²) in [5.41, 5.74) is 1.34. The summed E-state index contributed by atoms with van der Waals surface area (Å²) in [7, 11) is 0. The fourth-order valence-electron chi connectivity index (χ4n) is 2.24. The second-order valence-electron chi connectivity index (χ2n) is 4.96. The van der Waals surface area contributed by atoms with Crippen molar-refractivity contribution >= 4 is 17.0 Å². The van der Waals surface area contributed by atoms with Gasteiger partial charge in [-0.1, -0.05) is 24.3 Å². The monoisotopic (exact) mass is 312 g/mol. The van der Waals surface area contributed by atoms with Crippen LogP contribution in [0.2, 0.25) is 0 Å². The highest BCUT2D eigenvalue weighted by Gasteiger charge is 2.10. The van der Waals surface area contributed by atoms with Crippen LogP contribution < -0.4 is 5.56 Å². The second-order valence-corrected chi connectivity index (χ2v) is 4.96. The standard InChI is InChI=1S/C17H13FN2O3/c18-13-5-3-4-12(8-13)11-23-17(22)10-20-15-7-2-1-6-14(15)19-9-16(20)21/h1-9H,10-11H2.